The van der Waals surface area contributed by atoms with Gasteiger partial charge in [-0.25, -0.2) is 0 Å². The standard InChI is InChI=1S/C16H24N2O2.ClH/c1-3-4-14-5-6-15(16(13-14)19-2)20-12-11-18-9-7-17-8-10-18;/h3-6,13,17H,7-12H2,1-2H3;1H. The Kier molecular flexibility index (Phi) is 8.20. The van der Waals surface area contributed by atoms with Crippen molar-refractivity contribution in [1.29, 1.82) is 0 Å². The van der Waals surface area contributed by atoms with E-state index in [9.17, 15) is 0 Å². The number of nitrogens with one attached hydrogen (secondary N) is 1. The van der Waals surface area contributed by atoms with E-state index in [4.69, 9.17) is 9.47 Å². The fourth-order valence-corrected chi connectivity index (χ4v) is 2.32. The quantitative estimate of drug-likeness (QED) is 0.875. The molecule has 1 heterocycles. The van der Waals surface area contributed by atoms with Gasteiger partial charge in [0.2, 0.25) is 0 Å². The van der Waals surface area contributed by atoms with Crippen LogP contribution in [-0.4, -0.2) is 51.3 Å². The van der Waals surface area contributed by atoms with Crippen molar-refractivity contribution in [2.45, 2.75) is 6.92 Å². The molecule has 0 aromatic heterocycles. The van der Waals surface area contributed by atoms with Crippen LogP contribution < -0.4 is 14.8 Å². The minimum atomic E-state index is 0. The first-order valence-corrected chi connectivity index (χ1v) is 7.20. The Morgan fingerprint density at radius 2 is 2.00 bits per heavy atom. The molecular weight excluding hydrogens is 288 g/mol. The highest BCUT2D eigenvalue weighted by atomic mass is 35.5. The van der Waals surface area contributed by atoms with Crippen molar-refractivity contribution in [2.75, 3.05) is 46.4 Å². The molecule has 4 nitrogen and oxygen atoms in total. The van der Waals surface area contributed by atoms with Crippen LogP contribution in [0.15, 0.2) is 24.3 Å². The molecule has 1 aliphatic heterocycles. The summed E-state index contributed by atoms with van der Waals surface area (Å²) < 4.78 is 11.2. The highest BCUT2D eigenvalue weighted by molar-refractivity contribution is 5.85. The summed E-state index contributed by atoms with van der Waals surface area (Å²) in [6, 6.07) is 6.02. The van der Waals surface area contributed by atoms with Gasteiger partial charge in [-0.05, 0) is 24.6 Å². The second kappa shape index (κ2) is 9.66. The van der Waals surface area contributed by atoms with Crippen LogP contribution in [0.5, 0.6) is 11.5 Å². The fourth-order valence-electron chi connectivity index (χ4n) is 2.32. The van der Waals surface area contributed by atoms with E-state index in [1.807, 2.05) is 37.3 Å². The van der Waals surface area contributed by atoms with Crippen LogP contribution >= 0.6 is 12.4 Å². The molecule has 0 saturated carbocycles. The van der Waals surface area contributed by atoms with Crippen LogP contribution in [0, 0.1) is 0 Å². The summed E-state index contributed by atoms with van der Waals surface area (Å²) >= 11 is 0. The van der Waals surface area contributed by atoms with Crippen molar-refractivity contribution in [3.05, 3.63) is 29.8 Å². The van der Waals surface area contributed by atoms with E-state index in [0.717, 1.165) is 49.8 Å². The van der Waals surface area contributed by atoms with Gasteiger partial charge in [0, 0.05) is 32.7 Å². The van der Waals surface area contributed by atoms with Gasteiger partial charge in [-0.15, -0.1) is 12.4 Å². The van der Waals surface area contributed by atoms with Crippen LogP contribution in [-0.2, 0) is 0 Å². The van der Waals surface area contributed by atoms with Gasteiger partial charge in [0.25, 0.3) is 0 Å². The molecule has 0 bridgehead atoms. The molecule has 0 atom stereocenters. The maximum atomic E-state index is 5.85. The average molecular weight is 313 g/mol. The number of halogens is 1. The average Bonchev–Trinajstić information content (AvgIpc) is 2.50. The van der Waals surface area contributed by atoms with Gasteiger partial charge in [0.1, 0.15) is 6.61 Å². The maximum absolute atomic E-state index is 5.85. The van der Waals surface area contributed by atoms with Gasteiger partial charge in [0.05, 0.1) is 7.11 Å². The van der Waals surface area contributed by atoms with Crippen LogP contribution in [0.4, 0.5) is 0 Å². The Morgan fingerprint density at radius 1 is 1.24 bits per heavy atom. The fraction of sp³-hybridized carbons (Fsp3) is 0.500. The number of piperazine rings is 1. The Morgan fingerprint density at radius 3 is 2.67 bits per heavy atom. The van der Waals surface area contributed by atoms with Gasteiger partial charge in [0.15, 0.2) is 11.5 Å². The first-order valence-electron chi connectivity index (χ1n) is 7.20. The predicted octanol–water partition coefficient (Wildman–Crippen LogP) is 2.43. The normalized spacial score (nSPS) is 15.7. The van der Waals surface area contributed by atoms with E-state index in [1.54, 1.807) is 7.11 Å². The van der Waals surface area contributed by atoms with E-state index in [2.05, 4.69) is 10.2 Å². The molecule has 1 aromatic rings. The number of hydrogen-bond donors (Lipinski definition) is 1. The largest absolute Gasteiger partial charge is 0.493 e. The molecule has 2 rings (SSSR count). The summed E-state index contributed by atoms with van der Waals surface area (Å²) in [4.78, 5) is 2.41. The number of methoxy groups -OCH3 is 1. The molecule has 1 fully saturated rings. The number of nitrogens with zero attached hydrogens (tertiary/aromatic N) is 1. The third-order valence-electron chi connectivity index (χ3n) is 3.42. The van der Waals surface area contributed by atoms with E-state index >= 15 is 0 Å². The maximum Gasteiger partial charge on any atom is 0.161 e. The molecule has 1 N–H and O–H groups in total. The van der Waals surface area contributed by atoms with Crippen LogP contribution in [0.2, 0.25) is 0 Å². The summed E-state index contributed by atoms with van der Waals surface area (Å²) in [6.45, 7) is 8.00. The SMILES string of the molecule is CC=Cc1ccc(OCCN2CCNCC2)c(OC)c1.Cl. The molecule has 0 amide bonds. The van der Waals surface area contributed by atoms with Crippen LogP contribution in [0.3, 0.4) is 0 Å². The van der Waals surface area contributed by atoms with E-state index in [1.165, 1.54) is 0 Å². The number of benzene rings is 1. The van der Waals surface area contributed by atoms with Gasteiger partial charge in [-0.1, -0.05) is 18.2 Å². The number of allylic oxidation sites excluding steroid dienone is 1. The molecule has 1 aliphatic rings. The van der Waals surface area contributed by atoms with Crippen LogP contribution in [0.25, 0.3) is 6.08 Å². The lowest BCUT2D eigenvalue weighted by Gasteiger charge is -2.27. The number of hydrogen-bond acceptors (Lipinski definition) is 4. The first kappa shape index (κ1) is 17.8. The first-order chi connectivity index (χ1) is 9.83. The Labute approximate surface area is 133 Å². The lowest BCUT2D eigenvalue weighted by Crippen LogP contribution is -2.44. The summed E-state index contributed by atoms with van der Waals surface area (Å²) in [6.07, 6.45) is 4.06. The molecule has 0 spiro atoms. The zero-order valence-corrected chi connectivity index (χ0v) is 13.6. The molecule has 1 aromatic carbocycles. The highest BCUT2D eigenvalue weighted by Crippen LogP contribution is 2.28. The number of ether oxygens (including phenoxy) is 2. The number of rotatable bonds is 6. The predicted molar refractivity (Wildman–Crippen MR) is 89.8 cm³/mol. The van der Waals surface area contributed by atoms with E-state index < -0.39 is 0 Å². The Balaban J connectivity index is 0.00000220. The van der Waals surface area contributed by atoms with E-state index in [0.29, 0.717) is 6.61 Å². The van der Waals surface area contributed by atoms with Gasteiger partial charge >= 0.3 is 0 Å². The van der Waals surface area contributed by atoms with Crippen molar-refractivity contribution in [2.24, 2.45) is 0 Å². The lowest BCUT2D eigenvalue weighted by atomic mass is 10.2. The monoisotopic (exact) mass is 312 g/mol. The second-order valence-corrected chi connectivity index (χ2v) is 4.85. The second-order valence-electron chi connectivity index (χ2n) is 4.85. The third kappa shape index (κ3) is 5.58. The molecule has 0 aliphatic carbocycles. The molecular formula is C16H25ClN2O2. The molecule has 118 valence electrons. The van der Waals surface area contributed by atoms with Gasteiger partial charge in [-0.2, -0.15) is 0 Å². The lowest BCUT2D eigenvalue weighted by molar-refractivity contribution is 0.188. The van der Waals surface area contributed by atoms with Gasteiger partial charge < -0.3 is 14.8 Å². The smallest absolute Gasteiger partial charge is 0.161 e. The third-order valence-corrected chi connectivity index (χ3v) is 3.42. The van der Waals surface area contributed by atoms with E-state index in [-0.39, 0.29) is 12.4 Å². The molecule has 0 radical (unpaired) electrons. The van der Waals surface area contributed by atoms with Crippen LogP contribution in [0.1, 0.15) is 12.5 Å². The summed E-state index contributed by atoms with van der Waals surface area (Å²) in [5.74, 6) is 1.61. The molecule has 21 heavy (non-hydrogen) atoms. The summed E-state index contributed by atoms with van der Waals surface area (Å²) in [5.41, 5.74) is 1.12. The van der Waals surface area contributed by atoms with Crippen molar-refractivity contribution in [3.63, 3.8) is 0 Å². The molecule has 1 saturated heterocycles. The van der Waals surface area contributed by atoms with Crippen molar-refractivity contribution in [3.8, 4) is 11.5 Å². The Hall–Kier alpha value is -1.23. The topological polar surface area (TPSA) is 33.7 Å². The van der Waals surface area contributed by atoms with Crippen molar-refractivity contribution < 1.29 is 9.47 Å². The summed E-state index contributed by atoms with van der Waals surface area (Å²) in [7, 11) is 1.68. The van der Waals surface area contributed by atoms with Crippen molar-refractivity contribution in [1.82, 2.24) is 10.2 Å². The zero-order chi connectivity index (χ0) is 14.2. The minimum absolute atomic E-state index is 0. The zero-order valence-electron chi connectivity index (χ0n) is 12.8. The van der Waals surface area contributed by atoms with Gasteiger partial charge in [-0.3, -0.25) is 4.90 Å². The van der Waals surface area contributed by atoms with Crippen molar-refractivity contribution >= 4 is 18.5 Å². The molecule has 5 heteroatoms. The Bertz CT molecular complexity index is 446. The summed E-state index contributed by atoms with van der Waals surface area (Å²) in [5, 5.41) is 3.35. The minimum Gasteiger partial charge on any atom is -0.493 e. The highest BCUT2D eigenvalue weighted by Gasteiger charge is 2.10. The molecule has 0 unspecified atom stereocenters.